The second-order valence-corrected chi connectivity index (χ2v) is 6.85. The van der Waals surface area contributed by atoms with E-state index in [0.29, 0.717) is 42.4 Å². The Bertz CT molecular complexity index is 1040. The number of aromatic nitrogens is 1. The number of ether oxygens (including phenoxy) is 2. The zero-order valence-corrected chi connectivity index (χ0v) is 16.4. The molecule has 0 unspecified atom stereocenters. The Morgan fingerprint density at radius 3 is 2.57 bits per heavy atom. The maximum absolute atomic E-state index is 14.4. The van der Waals surface area contributed by atoms with Gasteiger partial charge in [-0.1, -0.05) is 11.3 Å². The summed E-state index contributed by atoms with van der Waals surface area (Å²) in [4.78, 5) is 17.0. The molecule has 1 amide bonds. The van der Waals surface area contributed by atoms with Crippen molar-refractivity contribution in [3.05, 3.63) is 58.4 Å². The highest BCUT2D eigenvalue weighted by atomic mass is 32.1. The van der Waals surface area contributed by atoms with Gasteiger partial charge in [-0.25, -0.2) is 8.78 Å². The van der Waals surface area contributed by atoms with Crippen LogP contribution < -0.4 is 9.54 Å². The molecule has 148 valence electrons. The van der Waals surface area contributed by atoms with E-state index in [1.54, 1.807) is 28.8 Å². The van der Waals surface area contributed by atoms with Gasteiger partial charge in [0.15, 0.2) is 10.6 Å². The summed E-state index contributed by atoms with van der Waals surface area (Å²) < 4.78 is 40.6. The quantitative estimate of drug-likeness (QED) is 0.554. The minimum atomic E-state index is -0.697. The van der Waals surface area contributed by atoms with Crippen LogP contribution in [-0.4, -0.2) is 30.3 Å². The largest absolute Gasteiger partial charge is 0.494 e. The van der Waals surface area contributed by atoms with E-state index in [1.165, 1.54) is 6.07 Å². The van der Waals surface area contributed by atoms with Crippen LogP contribution in [0.25, 0.3) is 10.2 Å². The lowest BCUT2D eigenvalue weighted by atomic mass is 10.2. The first-order valence-corrected chi connectivity index (χ1v) is 9.73. The van der Waals surface area contributed by atoms with Gasteiger partial charge < -0.3 is 14.0 Å². The summed E-state index contributed by atoms with van der Waals surface area (Å²) in [5, 5.41) is 0. The number of amides is 1. The molecule has 1 heterocycles. The Kier molecular flexibility index (Phi) is 6.53. The number of carbonyl (C=O) groups excluding carboxylic acids is 1. The van der Waals surface area contributed by atoms with E-state index < -0.39 is 17.5 Å². The monoisotopic (exact) mass is 406 g/mol. The molecular weight excluding hydrogens is 386 g/mol. The van der Waals surface area contributed by atoms with Crippen LogP contribution in [0.3, 0.4) is 0 Å². The lowest BCUT2D eigenvalue weighted by Gasteiger charge is -2.06. The summed E-state index contributed by atoms with van der Waals surface area (Å²) in [6, 6.07) is 8.68. The minimum absolute atomic E-state index is 0.212. The Labute approximate surface area is 164 Å². The van der Waals surface area contributed by atoms with Crippen molar-refractivity contribution in [2.24, 2.45) is 4.99 Å². The van der Waals surface area contributed by atoms with E-state index in [-0.39, 0.29) is 10.3 Å². The van der Waals surface area contributed by atoms with Gasteiger partial charge in [-0.2, -0.15) is 4.99 Å². The first kappa shape index (κ1) is 20.2. The molecule has 0 aliphatic carbocycles. The van der Waals surface area contributed by atoms with E-state index in [1.807, 2.05) is 13.8 Å². The number of hydrogen-bond donors (Lipinski definition) is 0. The van der Waals surface area contributed by atoms with Gasteiger partial charge in [0.1, 0.15) is 11.6 Å². The Morgan fingerprint density at radius 1 is 1.14 bits per heavy atom. The van der Waals surface area contributed by atoms with E-state index in [2.05, 4.69) is 4.99 Å². The highest BCUT2D eigenvalue weighted by molar-refractivity contribution is 7.16. The zero-order valence-electron chi connectivity index (χ0n) is 15.6. The van der Waals surface area contributed by atoms with Gasteiger partial charge in [-0.15, -0.1) is 0 Å². The SMILES string of the molecule is CCOCCn1c(=NC(=O)c2ccc(OCC)cc2)sc2cc(F)cc(F)c21. The fourth-order valence-electron chi connectivity index (χ4n) is 2.73. The number of hydrogen-bond acceptors (Lipinski definition) is 4. The average molecular weight is 406 g/mol. The molecule has 1 aromatic heterocycles. The third-order valence-corrected chi connectivity index (χ3v) is 4.99. The van der Waals surface area contributed by atoms with Crippen LogP contribution in [0.2, 0.25) is 0 Å². The molecule has 28 heavy (non-hydrogen) atoms. The molecule has 0 aliphatic rings. The van der Waals surface area contributed by atoms with Crippen molar-refractivity contribution >= 4 is 27.5 Å². The summed E-state index contributed by atoms with van der Waals surface area (Å²) in [6.07, 6.45) is 0. The molecule has 3 rings (SSSR count). The predicted molar refractivity (Wildman–Crippen MR) is 104 cm³/mol. The zero-order chi connectivity index (χ0) is 20.1. The van der Waals surface area contributed by atoms with Crippen molar-refractivity contribution in [1.29, 1.82) is 0 Å². The van der Waals surface area contributed by atoms with Crippen molar-refractivity contribution in [3.8, 4) is 5.75 Å². The molecule has 3 aromatic rings. The van der Waals surface area contributed by atoms with Gasteiger partial charge in [-0.3, -0.25) is 4.79 Å². The predicted octanol–water partition coefficient (Wildman–Crippen LogP) is 4.16. The van der Waals surface area contributed by atoms with Crippen LogP contribution in [0.15, 0.2) is 41.4 Å². The second kappa shape index (κ2) is 9.07. The second-order valence-electron chi connectivity index (χ2n) is 5.84. The van der Waals surface area contributed by atoms with E-state index in [0.717, 1.165) is 17.4 Å². The number of fused-ring (bicyclic) bond motifs is 1. The first-order valence-electron chi connectivity index (χ1n) is 8.91. The fraction of sp³-hybridized carbons (Fsp3) is 0.300. The van der Waals surface area contributed by atoms with Crippen molar-refractivity contribution in [2.75, 3.05) is 19.8 Å². The number of benzene rings is 2. The Balaban J connectivity index is 2.03. The summed E-state index contributed by atoms with van der Waals surface area (Å²) in [5.41, 5.74) is 0.591. The Hall–Kier alpha value is -2.58. The summed E-state index contributed by atoms with van der Waals surface area (Å²) >= 11 is 1.06. The smallest absolute Gasteiger partial charge is 0.279 e. The standard InChI is InChI=1S/C20H20F2N2O3S/c1-3-26-10-9-24-18-16(22)11-14(21)12-17(18)28-20(24)23-19(25)13-5-7-15(8-6-13)27-4-2/h5-8,11-12H,3-4,9-10H2,1-2H3. The van der Waals surface area contributed by atoms with Crippen LogP contribution in [0.4, 0.5) is 8.78 Å². The van der Waals surface area contributed by atoms with Crippen molar-refractivity contribution in [2.45, 2.75) is 20.4 Å². The average Bonchev–Trinajstić information content (AvgIpc) is 3.00. The molecule has 0 N–H and O–H groups in total. The van der Waals surface area contributed by atoms with Gasteiger partial charge >= 0.3 is 0 Å². The third-order valence-electron chi connectivity index (χ3n) is 3.97. The summed E-state index contributed by atoms with van der Waals surface area (Å²) in [5.74, 6) is -1.18. The van der Waals surface area contributed by atoms with Crippen molar-refractivity contribution in [1.82, 2.24) is 4.57 Å². The van der Waals surface area contributed by atoms with Crippen LogP contribution in [0.1, 0.15) is 24.2 Å². The highest BCUT2D eigenvalue weighted by Crippen LogP contribution is 2.22. The molecule has 0 atom stereocenters. The van der Waals surface area contributed by atoms with Crippen LogP contribution in [0, 0.1) is 11.6 Å². The molecule has 0 radical (unpaired) electrons. The van der Waals surface area contributed by atoms with Crippen LogP contribution in [0.5, 0.6) is 5.75 Å². The number of rotatable bonds is 7. The number of halogens is 2. The third kappa shape index (κ3) is 4.45. The molecule has 0 fully saturated rings. The fourth-order valence-corrected chi connectivity index (χ4v) is 3.83. The minimum Gasteiger partial charge on any atom is -0.494 e. The molecule has 0 bridgehead atoms. The van der Waals surface area contributed by atoms with Gasteiger partial charge in [0.2, 0.25) is 0 Å². The number of thiazole rings is 1. The van der Waals surface area contributed by atoms with Crippen LogP contribution >= 0.6 is 11.3 Å². The van der Waals surface area contributed by atoms with E-state index >= 15 is 0 Å². The van der Waals surface area contributed by atoms with Gasteiger partial charge in [0, 0.05) is 24.8 Å². The molecule has 0 spiro atoms. The lowest BCUT2D eigenvalue weighted by Crippen LogP contribution is -2.20. The molecule has 2 aromatic carbocycles. The normalized spacial score (nSPS) is 11.9. The maximum atomic E-state index is 14.4. The first-order chi connectivity index (χ1) is 13.5. The number of carbonyl (C=O) groups is 1. The molecule has 0 saturated heterocycles. The van der Waals surface area contributed by atoms with E-state index in [9.17, 15) is 13.6 Å². The molecule has 0 aliphatic heterocycles. The van der Waals surface area contributed by atoms with Gasteiger partial charge in [0.25, 0.3) is 5.91 Å². The highest BCUT2D eigenvalue weighted by Gasteiger charge is 2.14. The molecular formula is C20H20F2N2O3S. The van der Waals surface area contributed by atoms with Gasteiger partial charge in [-0.05, 0) is 44.2 Å². The topological polar surface area (TPSA) is 52.8 Å². The van der Waals surface area contributed by atoms with Crippen LogP contribution in [-0.2, 0) is 11.3 Å². The van der Waals surface area contributed by atoms with E-state index in [4.69, 9.17) is 9.47 Å². The molecule has 8 heteroatoms. The number of nitrogens with zero attached hydrogens (tertiary/aromatic N) is 2. The Morgan fingerprint density at radius 2 is 1.89 bits per heavy atom. The summed E-state index contributed by atoms with van der Waals surface area (Å²) in [7, 11) is 0. The summed E-state index contributed by atoms with van der Waals surface area (Å²) in [6.45, 7) is 5.39. The van der Waals surface area contributed by atoms with Crippen molar-refractivity contribution in [3.63, 3.8) is 0 Å². The molecule has 5 nitrogen and oxygen atoms in total. The van der Waals surface area contributed by atoms with Gasteiger partial charge in [0.05, 0.1) is 23.4 Å². The molecule has 0 saturated carbocycles. The lowest BCUT2D eigenvalue weighted by molar-refractivity contribution is 0.0996. The maximum Gasteiger partial charge on any atom is 0.279 e. The van der Waals surface area contributed by atoms with Crippen molar-refractivity contribution < 1.29 is 23.0 Å².